The maximum atomic E-state index is 11.5. The van der Waals surface area contributed by atoms with Gasteiger partial charge in [-0.1, -0.05) is 19.3 Å². The monoisotopic (exact) mass is 226 g/mol. The van der Waals surface area contributed by atoms with Crippen LogP contribution in [-0.2, 0) is 4.79 Å². The minimum Gasteiger partial charge on any atom is -0.480 e. The smallest absolute Gasteiger partial charge is 0.326 e. The number of nitrogens with one attached hydrogen (secondary N) is 1. The number of amides is 2. The van der Waals surface area contributed by atoms with Crippen molar-refractivity contribution < 1.29 is 14.7 Å². The second-order valence-electron chi connectivity index (χ2n) is 4.61. The van der Waals surface area contributed by atoms with E-state index in [1.54, 1.807) is 0 Å². The lowest BCUT2D eigenvalue weighted by Crippen LogP contribution is -2.48. The normalized spacial score (nSPS) is 24.2. The van der Waals surface area contributed by atoms with Gasteiger partial charge in [-0.2, -0.15) is 0 Å². The van der Waals surface area contributed by atoms with Gasteiger partial charge in [0, 0.05) is 13.1 Å². The van der Waals surface area contributed by atoms with Gasteiger partial charge in [0.25, 0.3) is 0 Å². The van der Waals surface area contributed by atoms with Crippen molar-refractivity contribution >= 4 is 12.0 Å². The van der Waals surface area contributed by atoms with Crippen LogP contribution in [0.2, 0.25) is 0 Å². The Labute approximate surface area is 94.8 Å². The van der Waals surface area contributed by atoms with Crippen LogP contribution in [0.5, 0.6) is 0 Å². The summed E-state index contributed by atoms with van der Waals surface area (Å²) >= 11 is 0. The molecule has 90 valence electrons. The molecule has 2 amide bonds. The number of carbonyl (C=O) groups is 2. The maximum absolute atomic E-state index is 11.5. The van der Waals surface area contributed by atoms with Crippen LogP contribution in [0.25, 0.3) is 0 Å². The molecule has 0 radical (unpaired) electrons. The van der Waals surface area contributed by atoms with Crippen LogP contribution in [0.3, 0.4) is 0 Å². The van der Waals surface area contributed by atoms with E-state index in [-0.39, 0.29) is 11.9 Å². The van der Waals surface area contributed by atoms with Crippen molar-refractivity contribution in [1.82, 2.24) is 10.2 Å². The van der Waals surface area contributed by atoms with Crippen LogP contribution < -0.4 is 5.32 Å². The van der Waals surface area contributed by atoms with Crippen molar-refractivity contribution in [2.45, 2.75) is 38.1 Å². The molecule has 0 aromatic rings. The fourth-order valence-corrected chi connectivity index (χ4v) is 2.79. The van der Waals surface area contributed by atoms with E-state index in [2.05, 4.69) is 5.32 Å². The Hall–Kier alpha value is -1.26. The summed E-state index contributed by atoms with van der Waals surface area (Å²) in [5, 5.41) is 11.9. The number of carboxylic acids is 1. The zero-order valence-corrected chi connectivity index (χ0v) is 9.32. The van der Waals surface area contributed by atoms with E-state index in [9.17, 15) is 14.7 Å². The summed E-state index contributed by atoms with van der Waals surface area (Å²) in [6.45, 7) is 1.08. The first-order valence-electron chi connectivity index (χ1n) is 5.97. The number of hydrogen-bond acceptors (Lipinski definition) is 2. The third-order valence-electron chi connectivity index (χ3n) is 3.57. The number of nitrogens with zero attached hydrogens (tertiary/aromatic N) is 1. The molecular formula is C11H18N2O3. The van der Waals surface area contributed by atoms with E-state index in [1.807, 2.05) is 0 Å². The second kappa shape index (κ2) is 4.72. The summed E-state index contributed by atoms with van der Waals surface area (Å²) < 4.78 is 0. The van der Waals surface area contributed by atoms with Gasteiger partial charge in [0.1, 0.15) is 6.04 Å². The summed E-state index contributed by atoms with van der Waals surface area (Å²) in [4.78, 5) is 24.3. The van der Waals surface area contributed by atoms with Crippen molar-refractivity contribution in [2.75, 3.05) is 13.1 Å². The van der Waals surface area contributed by atoms with Gasteiger partial charge in [-0.15, -0.1) is 0 Å². The molecule has 16 heavy (non-hydrogen) atoms. The standard InChI is InChI=1S/C11H18N2O3/c14-10(15)9(8-4-2-1-3-5-8)13-7-6-12-11(13)16/h8-9H,1-7H2,(H,12,16)(H,14,15). The molecule has 1 unspecified atom stereocenters. The van der Waals surface area contributed by atoms with Gasteiger partial charge in [-0.3, -0.25) is 0 Å². The average Bonchev–Trinajstić information content (AvgIpc) is 2.66. The van der Waals surface area contributed by atoms with Crippen molar-refractivity contribution in [3.05, 3.63) is 0 Å². The molecule has 0 spiro atoms. The molecule has 2 aliphatic rings. The van der Waals surface area contributed by atoms with Gasteiger partial charge >= 0.3 is 12.0 Å². The Morgan fingerprint density at radius 3 is 2.56 bits per heavy atom. The van der Waals surface area contributed by atoms with E-state index in [1.165, 1.54) is 11.3 Å². The fourth-order valence-electron chi connectivity index (χ4n) is 2.79. The van der Waals surface area contributed by atoms with Crippen LogP contribution in [-0.4, -0.2) is 41.1 Å². The van der Waals surface area contributed by atoms with E-state index < -0.39 is 12.0 Å². The fraction of sp³-hybridized carbons (Fsp3) is 0.818. The van der Waals surface area contributed by atoms with Crippen LogP contribution in [0.4, 0.5) is 4.79 Å². The Balaban J connectivity index is 2.09. The highest BCUT2D eigenvalue weighted by Gasteiger charge is 2.38. The van der Waals surface area contributed by atoms with Crippen LogP contribution in [0.15, 0.2) is 0 Å². The van der Waals surface area contributed by atoms with Gasteiger partial charge in [0.15, 0.2) is 0 Å². The number of carbonyl (C=O) groups excluding carboxylic acids is 1. The van der Waals surface area contributed by atoms with Crippen molar-refractivity contribution in [1.29, 1.82) is 0 Å². The van der Waals surface area contributed by atoms with Crippen LogP contribution in [0, 0.1) is 5.92 Å². The van der Waals surface area contributed by atoms with Gasteiger partial charge in [-0.05, 0) is 18.8 Å². The Bertz CT molecular complexity index is 287. The molecule has 1 heterocycles. The predicted octanol–water partition coefficient (Wildman–Crippen LogP) is 1.05. The molecular weight excluding hydrogens is 208 g/mol. The maximum Gasteiger partial charge on any atom is 0.326 e. The van der Waals surface area contributed by atoms with Gasteiger partial charge < -0.3 is 15.3 Å². The molecule has 1 aliphatic heterocycles. The first-order chi connectivity index (χ1) is 7.70. The van der Waals surface area contributed by atoms with Gasteiger partial charge in [0.2, 0.25) is 0 Å². The summed E-state index contributed by atoms with van der Waals surface area (Å²) in [5.74, 6) is -0.723. The SMILES string of the molecule is O=C(O)C(C1CCCCC1)N1CCNC1=O. The second-order valence-corrected chi connectivity index (χ2v) is 4.61. The lowest BCUT2D eigenvalue weighted by Gasteiger charge is -2.32. The average molecular weight is 226 g/mol. The van der Waals surface area contributed by atoms with Crippen LogP contribution >= 0.6 is 0 Å². The first kappa shape index (κ1) is 11.2. The molecule has 1 saturated carbocycles. The number of rotatable bonds is 3. The van der Waals surface area contributed by atoms with Crippen molar-refractivity contribution in [3.63, 3.8) is 0 Å². The van der Waals surface area contributed by atoms with E-state index in [0.717, 1.165) is 25.7 Å². The van der Waals surface area contributed by atoms with Crippen molar-refractivity contribution in [3.8, 4) is 0 Å². The number of hydrogen-bond donors (Lipinski definition) is 2. The van der Waals surface area contributed by atoms with Gasteiger partial charge in [-0.25, -0.2) is 9.59 Å². The molecule has 0 aromatic heterocycles. The Kier molecular flexibility index (Phi) is 3.31. The Morgan fingerprint density at radius 2 is 2.06 bits per heavy atom. The van der Waals surface area contributed by atoms with E-state index in [4.69, 9.17) is 0 Å². The molecule has 2 rings (SSSR count). The zero-order valence-electron chi connectivity index (χ0n) is 9.32. The molecule has 5 nitrogen and oxygen atoms in total. The topological polar surface area (TPSA) is 69.6 Å². The third-order valence-corrected chi connectivity index (χ3v) is 3.57. The molecule has 5 heteroatoms. The molecule has 0 aromatic carbocycles. The minimum atomic E-state index is -0.857. The molecule has 2 N–H and O–H groups in total. The molecule has 1 aliphatic carbocycles. The first-order valence-corrected chi connectivity index (χ1v) is 5.97. The van der Waals surface area contributed by atoms with Gasteiger partial charge in [0.05, 0.1) is 0 Å². The molecule has 0 bridgehead atoms. The lowest BCUT2D eigenvalue weighted by molar-refractivity contribution is -0.144. The zero-order chi connectivity index (χ0) is 11.5. The molecule has 1 saturated heterocycles. The third kappa shape index (κ3) is 2.13. The van der Waals surface area contributed by atoms with Crippen LogP contribution in [0.1, 0.15) is 32.1 Å². The lowest BCUT2D eigenvalue weighted by atomic mass is 9.83. The predicted molar refractivity (Wildman–Crippen MR) is 58.1 cm³/mol. The molecule has 1 atom stereocenters. The summed E-state index contributed by atoms with van der Waals surface area (Å²) in [7, 11) is 0. The van der Waals surface area contributed by atoms with E-state index >= 15 is 0 Å². The quantitative estimate of drug-likeness (QED) is 0.755. The summed E-state index contributed by atoms with van der Waals surface area (Å²) in [6.07, 6.45) is 5.23. The number of aliphatic carboxylic acids is 1. The number of carboxylic acid groups (broad SMARTS) is 1. The molecule has 2 fully saturated rings. The van der Waals surface area contributed by atoms with E-state index in [0.29, 0.717) is 13.1 Å². The minimum absolute atomic E-state index is 0.134. The highest BCUT2D eigenvalue weighted by Crippen LogP contribution is 2.29. The highest BCUT2D eigenvalue weighted by molar-refractivity contribution is 5.84. The summed E-state index contributed by atoms with van der Waals surface area (Å²) in [6, 6.07) is -0.847. The largest absolute Gasteiger partial charge is 0.480 e. The highest BCUT2D eigenvalue weighted by atomic mass is 16.4. The number of urea groups is 1. The van der Waals surface area contributed by atoms with Crippen molar-refractivity contribution in [2.24, 2.45) is 5.92 Å². The Morgan fingerprint density at radius 1 is 1.38 bits per heavy atom. The summed E-state index contributed by atoms with van der Waals surface area (Å²) in [5.41, 5.74) is 0.